The summed E-state index contributed by atoms with van der Waals surface area (Å²) in [5.41, 5.74) is 0. The molecular formula is C50H87O9P. The molecule has 0 saturated heterocycles. The SMILES string of the molecule is CC/C=C\C/C=C\C/C=C\C/C=C\C/C=C\CCCCCC(=O)OC(COCCCCCCCCCCCC/C=C\C/C=C\CCCCC)COP(=O)(O)OCC(O)CO. The number of aliphatic hydroxyl groups excluding tert-OH is 2. The molecule has 0 heterocycles. The van der Waals surface area contributed by atoms with Crippen molar-refractivity contribution in [3.63, 3.8) is 0 Å². The predicted octanol–water partition coefficient (Wildman–Crippen LogP) is 13.5. The first-order valence-electron chi connectivity index (χ1n) is 23.6. The third-order valence-electron chi connectivity index (χ3n) is 9.56. The third-order valence-corrected chi connectivity index (χ3v) is 10.5. The van der Waals surface area contributed by atoms with Gasteiger partial charge >= 0.3 is 13.8 Å². The average Bonchev–Trinajstić information content (AvgIpc) is 3.24. The molecule has 0 aromatic carbocycles. The maximum Gasteiger partial charge on any atom is 0.472 e. The van der Waals surface area contributed by atoms with E-state index in [-0.39, 0.29) is 13.0 Å². The van der Waals surface area contributed by atoms with Crippen LogP contribution in [0.25, 0.3) is 0 Å². The lowest BCUT2D eigenvalue weighted by atomic mass is 10.1. The van der Waals surface area contributed by atoms with E-state index >= 15 is 0 Å². The minimum atomic E-state index is -4.54. The van der Waals surface area contributed by atoms with Gasteiger partial charge in [-0.15, -0.1) is 0 Å². The first-order valence-corrected chi connectivity index (χ1v) is 25.1. The van der Waals surface area contributed by atoms with Crippen LogP contribution in [-0.4, -0.2) is 66.3 Å². The molecule has 0 aliphatic rings. The van der Waals surface area contributed by atoms with Crippen LogP contribution in [0.3, 0.4) is 0 Å². The van der Waals surface area contributed by atoms with Crippen LogP contribution in [0.2, 0.25) is 0 Å². The highest BCUT2D eigenvalue weighted by molar-refractivity contribution is 7.47. The van der Waals surface area contributed by atoms with Crippen molar-refractivity contribution in [2.45, 2.75) is 193 Å². The number of carbonyl (C=O) groups excluding carboxylic acids is 1. The summed E-state index contributed by atoms with van der Waals surface area (Å²) in [6.45, 7) is 3.32. The molecule has 0 aliphatic carbocycles. The summed E-state index contributed by atoms with van der Waals surface area (Å²) < 4.78 is 33.4. The Morgan fingerprint density at radius 3 is 1.43 bits per heavy atom. The van der Waals surface area contributed by atoms with E-state index in [1.807, 2.05) is 0 Å². The van der Waals surface area contributed by atoms with Crippen LogP contribution < -0.4 is 0 Å². The normalized spacial score (nSPS) is 14.7. The molecule has 3 unspecified atom stereocenters. The zero-order chi connectivity index (χ0) is 43.9. The third kappa shape index (κ3) is 45.2. The summed E-state index contributed by atoms with van der Waals surface area (Å²) in [5, 5.41) is 18.4. The fourth-order valence-corrected chi connectivity index (χ4v) is 6.79. The van der Waals surface area contributed by atoms with Gasteiger partial charge in [-0.05, 0) is 89.9 Å². The van der Waals surface area contributed by atoms with Crippen LogP contribution in [0.5, 0.6) is 0 Å². The molecule has 3 N–H and O–H groups in total. The predicted molar refractivity (Wildman–Crippen MR) is 251 cm³/mol. The summed E-state index contributed by atoms with van der Waals surface area (Å²) in [7, 11) is -4.54. The molecule has 0 fully saturated rings. The van der Waals surface area contributed by atoms with E-state index in [1.165, 1.54) is 77.0 Å². The number of hydrogen-bond acceptors (Lipinski definition) is 8. The Balaban J connectivity index is 4.21. The van der Waals surface area contributed by atoms with Gasteiger partial charge in [-0.2, -0.15) is 0 Å². The summed E-state index contributed by atoms with van der Waals surface area (Å²) in [6.07, 6.45) is 56.8. The highest BCUT2D eigenvalue weighted by Crippen LogP contribution is 2.43. The number of rotatable bonds is 44. The van der Waals surface area contributed by atoms with Gasteiger partial charge in [-0.1, -0.05) is 170 Å². The van der Waals surface area contributed by atoms with Gasteiger partial charge in [-0.3, -0.25) is 13.8 Å². The van der Waals surface area contributed by atoms with Crippen LogP contribution in [0, 0.1) is 0 Å². The number of carbonyl (C=O) groups is 1. The molecule has 0 amide bonds. The molecule has 0 aromatic heterocycles. The van der Waals surface area contributed by atoms with Gasteiger partial charge in [0.15, 0.2) is 0 Å². The molecule has 0 radical (unpaired) electrons. The molecule has 10 heteroatoms. The van der Waals surface area contributed by atoms with E-state index < -0.39 is 45.8 Å². The average molecular weight is 863 g/mol. The Kier molecular flexibility index (Phi) is 44.3. The zero-order valence-corrected chi connectivity index (χ0v) is 38.8. The number of ether oxygens (including phenoxy) is 2. The monoisotopic (exact) mass is 863 g/mol. The minimum Gasteiger partial charge on any atom is -0.457 e. The van der Waals surface area contributed by atoms with Gasteiger partial charge in [0, 0.05) is 13.0 Å². The molecule has 3 atom stereocenters. The van der Waals surface area contributed by atoms with Crippen LogP contribution in [-0.2, 0) is 27.9 Å². The van der Waals surface area contributed by atoms with Crippen LogP contribution >= 0.6 is 7.82 Å². The Labute approximate surface area is 366 Å². The Bertz CT molecular complexity index is 1210. The Morgan fingerprint density at radius 2 is 0.950 bits per heavy atom. The highest BCUT2D eigenvalue weighted by Gasteiger charge is 2.26. The molecule has 0 aliphatic heterocycles. The highest BCUT2D eigenvalue weighted by atomic mass is 31.2. The van der Waals surface area contributed by atoms with Crippen molar-refractivity contribution >= 4 is 13.8 Å². The number of phosphoric acid groups is 1. The second-order valence-corrected chi connectivity index (χ2v) is 16.8. The molecule has 9 nitrogen and oxygen atoms in total. The van der Waals surface area contributed by atoms with Gasteiger partial charge in [0.25, 0.3) is 0 Å². The Morgan fingerprint density at radius 1 is 0.533 bits per heavy atom. The van der Waals surface area contributed by atoms with Crippen LogP contribution in [0.1, 0.15) is 181 Å². The second-order valence-electron chi connectivity index (χ2n) is 15.4. The van der Waals surface area contributed by atoms with E-state index in [9.17, 15) is 19.4 Å². The van der Waals surface area contributed by atoms with E-state index in [0.29, 0.717) is 13.0 Å². The Hall–Kier alpha value is -2.36. The quantitative estimate of drug-likeness (QED) is 0.0237. The number of unbranched alkanes of at least 4 members (excludes halogenated alkanes) is 16. The van der Waals surface area contributed by atoms with Crippen molar-refractivity contribution in [1.29, 1.82) is 0 Å². The smallest absolute Gasteiger partial charge is 0.457 e. The lowest BCUT2D eigenvalue weighted by molar-refractivity contribution is -0.154. The van der Waals surface area contributed by atoms with E-state index in [1.54, 1.807) is 0 Å². The maximum absolute atomic E-state index is 12.6. The van der Waals surface area contributed by atoms with Crippen LogP contribution in [0.4, 0.5) is 0 Å². The van der Waals surface area contributed by atoms with Crippen LogP contribution in [0.15, 0.2) is 85.1 Å². The number of phosphoric ester groups is 1. The van der Waals surface area contributed by atoms with Crippen molar-refractivity contribution in [2.24, 2.45) is 0 Å². The topological polar surface area (TPSA) is 132 Å². The number of allylic oxidation sites excluding steroid dienone is 14. The van der Waals surface area contributed by atoms with Gasteiger partial charge in [0.2, 0.25) is 0 Å². The molecule has 346 valence electrons. The number of aliphatic hydroxyl groups is 2. The van der Waals surface area contributed by atoms with Crippen molar-refractivity contribution in [3.8, 4) is 0 Å². The molecule has 0 saturated carbocycles. The summed E-state index contributed by atoms with van der Waals surface area (Å²) in [6, 6.07) is 0. The van der Waals surface area contributed by atoms with Gasteiger partial charge in [0.05, 0.1) is 26.4 Å². The van der Waals surface area contributed by atoms with Crippen molar-refractivity contribution in [3.05, 3.63) is 85.1 Å². The van der Waals surface area contributed by atoms with E-state index in [0.717, 1.165) is 77.0 Å². The molecule has 0 aromatic rings. The number of hydrogen-bond donors (Lipinski definition) is 3. The lowest BCUT2D eigenvalue weighted by Crippen LogP contribution is -2.29. The second kappa shape index (κ2) is 46.2. The van der Waals surface area contributed by atoms with E-state index in [4.69, 9.17) is 23.6 Å². The first-order chi connectivity index (χ1) is 29.3. The molecule has 60 heavy (non-hydrogen) atoms. The summed E-state index contributed by atoms with van der Waals surface area (Å²) in [5.74, 6) is -0.417. The fourth-order valence-electron chi connectivity index (χ4n) is 6.00. The largest absolute Gasteiger partial charge is 0.472 e. The van der Waals surface area contributed by atoms with Gasteiger partial charge < -0.3 is 24.6 Å². The van der Waals surface area contributed by atoms with Crippen molar-refractivity contribution in [1.82, 2.24) is 0 Å². The maximum atomic E-state index is 12.6. The molecule has 0 spiro atoms. The molecule has 0 bridgehead atoms. The van der Waals surface area contributed by atoms with Gasteiger partial charge in [0.1, 0.15) is 12.2 Å². The molecule has 0 rings (SSSR count). The van der Waals surface area contributed by atoms with Gasteiger partial charge in [-0.25, -0.2) is 4.57 Å². The standard InChI is InChI=1S/C50H87O9P/c1-3-5-7-9-11-13-15-17-19-21-23-25-27-29-31-33-35-37-39-41-43-56-46-49(47-58-60(54,55)57-45-48(52)44-51)59-50(53)42-40-38-36-34-32-30-28-26-24-22-20-18-16-14-12-10-8-6-4-2/h6,8,11-14,17-20,24,26,30,32,48-49,51-52H,3-5,7,9-10,15-16,21-23,25,27-29,31,33-47H2,1-2H3,(H,54,55)/b8-6-,13-11-,14-12-,19-17-,20-18-,26-24-,32-30-. The van der Waals surface area contributed by atoms with Crippen molar-refractivity contribution in [2.75, 3.05) is 33.0 Å². The first kappa shape index (κ1) is 57.6. The lowest BCUT2D eigenvalue weighted by Gasteiger charge is -2.20. The van der Waals surface area contributed by atoms with E-state index in [2.05, 4.69) is 98.9 Å². The summed E-state index contributed by atoms with van der Waals surface area (Å²) >= 11 is 0. The zero-order valence-electron chi connectivity index (χ0n) is 37.9. The summed E-state index contributed by atoms with van der Waals surface area (Å²) in [4.78, 5) is 22.6. The molecular weight excluding hydrogens is 776 g/mol. The number of esters is 1. The van der Waals surface area contributed by atoms with Crippen molar-refractivity contribution < 1.29 is 43.0 Å². The fraction of sp³-hybridized carbons (Fsp3) is 0.700. The minimum absolute atomic E-state index is 0.0288.